The van der Waals surface area contributed by atoms with E-state index in [1.165, 1.54) is 5.69 Å². The smallest absolute Gasteiger partial charge is 0.0673 e. The molecule has 96 valence electrons. The Hall–Kier alpha value is -0.870. The normalized spacial score (nSPS) is 26.3. The highest BCUT2D eigenvalue weighted by atomic mass is 15.3. The largest absolute Gasteiger partial charge is 0.326 e. The van der Waals surface area contributed by atoms with E-state index in [0.29, 0.717) is 18.1 Å². The Labute approximate surface area is 104 Å². The van der Waals surface area contributed by atoms with Crippen molar-refractivity contribution in [1.82, 2.24) is 14.7 Å². The van der Waals surface area contributed by atoms with Gasteiger partial charge in [0, 0.05) is 30.9 Å². The van der Waals surface area contributed by atoms with Crippen molar-refractivity contribution in [2.24, 2.45) is 5.73 Å². The lowest BCUT2D eigenvalue weighted by Gasteiger charge is -2.31. The van der Waals surface area contributed by atoms with E-state index >= 15 is 0 Å². The van der Waals surface area contributed by atoms with Gasteiger partial charge in [0.05, 0.1) is 11.7 Å². The summed E-state index contributed by atoms with van der Waals surface area (Å²) in [6.45, 7) is 9.89. The average Bonchev–Trinajstić information content (AvgIpc) is 2.82. The second kappa shape index (κ2) is 4.78. The van der Waals surface area contributed by atoms with Crippen LogP contribution in [-0.2, 0) is 0 Å². The lowest BCUT2D eigenvalue weighted by Crippen LogP contribution is -2.37. The molecule has 1 saturated heterocycles. The van der Waals surface area contributed by atoms with Crippen LogP contribution in [0.2, 0.25) is 0 Å². The van der Waals surface area contributed by atoms with Crippen LogP contribution in [0.4, 0.5) is 0 Å². The first kappa shape index (κ1) is 12.6. The summed E-state index contributed by atoms with van der Waals surface area (Å²) in [5.74, 6) is 0. The Morgan fingerprint density at radius 2 is 2.00 bits per heavy atom. The van der Waals surface area contributed by atoms with Gasteiger partial charge in [0.15, 0.2) is 0 Å². The lowest BCUT2D eigenvalue weighted by atomic mass is 10.1. The molecular formula is C13H24N4. The third-order valence-electron chi connectivity index (χ3n) is 3.64. The monoisotopic (exact) mass is 236 g/mol. The number of nitrogens with two attached hydrogens (primary N) is 1. The molecule has 0 aliphatic carbocycles. The van der Waals surface area contributed by atoms with Crippen LogP contribution < -0.4 is 5.73 Å². The Bertz CT molecular complexity index is 369. The van der Waals surface area contributed by atoms with Crippen molar-refractivity contribution in [1.29, 1.82) is 0 Å². The summed E-state index contributed by atoms with van der Waals surface area (Å²) >= 11 is 0. The number of aromatic nitrogens is 2. The minimum Gasteiger partial charge on any atom is -0.326 e. The van der Waals surface area contributed by atoms with Crippen LogP contribution in [-0.4, -0.2) is 33.3 Å². The van der Waals surface area contributed by atoms with E-state index in [2.05, 4.69) is 48.4 Å². The van der Waals surface area contributed by atoms with Crippen molar-refractivity contribution < 1.29 is 0 Å². The fourth-order valence-electron chi connectivity index (χ4n) is 2.80. The van der Waals surface area contributed by atoms with Crippen LogP contribution in [0.5, 0.6) is 0 Å². The zero-order valence-corrected chi connectivity index (χ0v) is 11.3. The molecule has 4 nitrogen and oxygen atoms in total. The van der Waals surface area contributed by atoms with Crippen LogP contribution >= 0.6 is 0 Å². The summed E-state index contributed by atoms with van der Waals surface area (Å²) in [5, 5.41) is 4.42. The minimum atomic E-state index is 0.228. The number of nitrogens with zero attached hydrogens (tertiary/aromatic N) is 3. The van der Waals surface area contributed by atoms with Gasteiger partial charge in [-0.15, -0.1) is 0 Å². The van der Waals surface area contributed by atoms with Gasteiger partial charge in [-0.05, 0) is 40.2 Å². The van der Waals surface area contributed by atoms with Crippen LogP contribution in [0, 0.1) is 0 Å². The molecule has 4 heteroatoms. The molecule has 2 atom stereocenters. The molecule has 2 rings (SSSR count). The van der Waals surface area contributed by atoms with E-state index in [0.717, 1.165) is 13.0 Å². The zero-order chi connectivity index (χ0) is 12.6. The highest BCUT2D eigenvalue weighted by molar-refractivity contribution is 5.14. The molecule has 1 aromatic rings. The zero-order valence-electron chi connectivity index (χ0n) is 11.3. The summed E-state index contributed by atoms with van der Waals surface area (Å²) < 4.78 is 2.10. The molecule has 1 aliphatic rings. The van der Waals surface area contributed by atoms with Crippen molar-refractivity contribution in [2.75, 3.05) is 6.54 Å². The molecule has 0 radical (unpaired) electrons. The Balaban J connectivity index is 2.33. The van der Waals surface area contributed by atoms with E-state index in [4.69, 9.17) is 5.73 Å². The summed E-state index contributed by atoms with van der Waals surface area (Å²) in [5.41, 5.74) is 7.55. The molecule has 17 heavy (non-hydrogen) atoms. The second-order valence-corrected chi connectivity index (χ2v) is 5.52. The molecule has 2 heterocycles. The predicted molar refractivity (Wildman–Crippen MR) is 69.8 cm³/mol. The maximum absolute atomic E-state index is 6.28. The Morgan fingerprint density at radius 1 is 1.29 bits per heavy atom. The Morgan fingerprint density at radius 3 is 2.59 bits per heavy atom. The highest BCUT2D eigenvalue weighted by Crippen LogP contribution is 2.33. The SMILES string of the molecule is CC(C)N1CC[C@@H](N)[C@@H]1c1ccnn1C(C)C. The molecule has 0 saturated carbocycles. The molecule has 2 N–H and O–H groups in total. The molecule has 1 fully saturated rings. The third-order valence-corrected chi connectivity index (χ3v) is 3.64. The fraction of sp³-hybridized carbons (Fsp3) is 0.769. The summed E-state index contributed by atoms with van der Waals surface area (Å²) in [7, 11) is 0. The van der Waals surface area contributed by atoms with Crippen LogP contribution in [0.3, 0.4) is 0 Å². The summed E-state index contributed by atoms with van der Waals surface area (Å²) in [6, 6.07) is 3.59. The summed E-state index contributed by atoms with van der Waals surface area (Å²) in [6.07, 6.45) is 2.96. The lowest BCUT2D eigenvalue weighted by molar-refractivity contribution is 0.188. The van der Waals surface area contributed by atoms with Gasteiger partial charge in [-0.3, -0.25) is 9.58 Å². The highest BCUT2D eigenvalue weighted by Gasteiger charge is 2.36. The van der Waals surface area contributed by atoms with Crippen molar-refractivity contribution in [3.8, 4) is 0 Å². The van der Waals surface area contributed by atoms with Crippen molar-refractivity contribution in [3.05, 3.63) is 18.0 Å². The Kier molecular flexibility index (Phi) is 3.54. The molecule has 0 amide bonds. The van der Waals surface area contributed by atoms with Crippen molar-refractivity contribution in [3.63, 3.8) is 0 Å². The topological polar surface area (TPSA) is 47.1 Å². The van der Waals surface area contributed by atoms with E-state index in [1.54, 1.807) is 0 Å². The van der Waals surface area contributed by atoms with Gasteiger partial charge in [-0.1, -0.05) is 0 Å². The molecule has 1 aliphatic heterocycles. The van der Waals surface area contributed by atoms with Crippen LogP contribution in [0.1, 0.15) is 51.9 Å². The van der Waals surface area contributed by atoms with Crippen LogP contribution in [0.15, 0.2) is 12.3 Å². The number of hydrogen-bond acceptors (Lipinski definition) is 3. The molecular weight excluding hydrogens is 212 g/mol. The standard InChI is InChI=1S/C13H24N4/c1-9(2)16-8-6-11(14)13(16)12-5-7-15-17(12)10(3)4/h5,7,9-11,13H,6,8,14H2,1-4H3/t11-,13-/m1/s1. The quantitative estimate of drug-likeness (QED) is 0.872. The first-order chi connectivity index (χ1) is 8.02. The van der Waals surface area contributed by atoms with E-state index in [9.17, 15) is 0 Å². The molecule has 1 aromatic heterocycles. The van der Waals surface area contributed by atoms with E-state index in [1.807, 2.05) is 6.20 Å². The predicted octanol–water partition coefficient (Wildman–Crippen LogP) is 1.95. The number of hydrogen-bond donors (Lipinski definition) is 1. The van der Waals surface area contributed by atoms with E-state index in [-0.39, 0.29) is 6.04 Å². The first-order valence-corrected chi connectivity index (χ1v) is 6.57. The number of rotatable bonds is 3. The number of likely N-dealkylation sites (tertiary alicyclic amines) is 1. The minimum absolute atomic E-state index is 0.228. The van der Waals surface area contributed by atoms with Gasteiger partial charge in [-0.25, -0.2) is 0 Å². The third kappa shape index (κ3) is 2.24. The first-order valence-electron chi connectivity index (χ1n) is 6.57. The maximum Gasteiger partial charge on any atom is 0.0673 e. The van der Waals surface area contributed by atoms with Gasteiger partial charge in [0.25, 0.3) is 0 Å². The molecule has 0 aromatic carbocycles. The van der Waals surface area contributed by atoms with Crippen molar-refractivity contribution in [2.45, 2.75) is 58.3 Å². The molecule has 0 spiro atoms. The van der Waals surface area contributed by atoms with Gasteiger partial charge < -0.3 is 5.73 Å². The fourth-order valence-corrected chi connectivity index (χ4v) is 2.80. The van der Waals surface area contributed by atoms with Crippen LogP contribution in [0.25, 0.3) is 0 Å². The summed E-state index contributed by atoms with van der Waals surface area (Å²) in [4.78, 5) is 2.49. The van der Waals surface area contributed by atoms with Crippen molar-refractivity contribution >= 4 is 0 Å². The molecule has 0 unspecified atom stereocenters. The second-order valence-electron chi connectivity index (χ2n) is 5.52. The average molecular weight is 236 g/mol. The maximum atomic E-state index is 6.28. The van der Waals surface area contributed by atoms with E-state index < -0.39 is 0 Å². The van der Waals surface area contributed by atoms with Gasteiger partial charge >= 0.3 is 0 Å². The molecule has 0 bridgehead atoms. The van der Waals surface area contributed by atoms with Gasteiger partial charge in [0.2, 0.25) is 0 Å². The van der Waals surface area contributed by atoms with Gasteiger partial charge in [-0.2, -0.15) is 5.10 Å². The van der Waals surface area contributed by atoms with Gasteiger partial charge in [0.1, 0.15) is 0 Å².